The van der Waals surface area contributed by atoms with Gasteiger partial charge >= 0.3 is 13.5 Å². The van der Waals surface area contributed by atoms with Gasteiger partial charge in [-0.2, -0.15) is 0 Å². The van der Waals surface area contributed by atoms with Gasteiger partial charge in [-0.15, -0.1) is 0 Å². The Morgan fingerprint density at radius 2 is 2.10 bits per heavy atom. The van der Waals surface area contributed by atoms with E-state index in [0.717, 1.165) is 16.8 Å². The van der Waals surface area contributed by atoms with Crippen LogP contribution < -0.4 is 11.2 Å². The van der Waals surface area contributed by atoms with Crippen molar-refractivity contribution in [2.45, 2.75) is 24.5 Å². The van der Waals surface area contributed by atoms with Gasteiger partial charge in [-0.1, -0.05) is 0 Å². The van der Waals surface area contributed by atoms with Crippen LogP contribution in [0.5, 0.6) is 0 Å². The minimum absolute atomic E-state index is 0.662. The van der Waals surface area contributed by atoms with Gasteiger partial charge in [-0.25, -0.2) is 9.36 Å². The Kier molecular flexibility index (Phi) is 4.44. The maximum atomic E-state index is 11.6. The molecule has 0 aliphatic carbocycles. The number of nitrogens with zero attached hydrogens (tertiary/aromatic N) is 1. The second kappa shape index (κ2) is 5.81. The van der Waals surface area contributed by atoms with Crippen LogP contribution in [0.4, 0.5) is 0 Å². The zero-order valence-corrected chi connectivity index (χ0v) is 11.3. The number of ether oxygens (including phenoxy) is 1. The topological polar surface area (TPSA) is 171 Å². The van der Waals surface area contributed by atoms with E-state index >= 15 is 0 Å². The fourth-order valence-electron chi connectivity index (χ4n) is 2.01. The number of phosphoric acid groups is 1. The smallest absolute Gasteiger partial charge is 0.394 e. The van der Waals surface area contributed by atoms with Gasteiger partial charge in [0, 0.05) is 12.3 Å². The number of H-pyrrole nitrogens is 1. The molecule has 1 aromatic rings. The molecule has 0 amide bonds. The van der Waals surface area contributed by atoms with Crippen LogP contribution in [0.3, 0.4) is 0 Å². The number of phosphoric ester groups is 1. The number of aliphatic hydroxyl groups is 2. The highest BCUT2D eigenvalue weighted by atomic mass is 31.2. The molecule has 0 bridgehead atoms. The lowest BCUT2D eigenvalue weighted by Crippen LogP contribution is -2.38. The molecule has 1 unspecified atom stereocenters. The average molecular weight is 324 g/mol. The predicted octanol–water partition coefficient (Wildman–Crippen LogP) is -2.73. The molecule has 1 aliphatic rings. The molecule has 118 valence electrons. The molecule has 0 spiro atoms. The number of aromatic nitrogens is 2. The quantitative estimate of drug-likeness (QED) is 0.368. The zero-order valence-electron chi connectivity index (χ0n) is 10.4. The molecule has 0 aromatic carbocycles. The Morgan fingerprint density at radius 3 is 2.62 bits per heavy atom. The highest BCUT2D eigenvalue weighted by Crippen LogP contribution is 2.43. The van der Waals surface area contributed by atoms with E-state index in [1.807, 2.05) is 4.98 Å². The Balaban J connectivity index is 2.33. The summed E-state index contributed by atoms with van der Waals surface area (Å²) in [6, 6.07) is 1.00. The van der Waals surface area contributed by atoms with Gasteiger partial charge in [0.2, 0.25) is 0 Å². The predicted molar refractivity (Wildman–Crippen MR) is 65.2 cm³/mol. The van der Waals surface area contributed by atoms with Crippen molar-refractivity contribution in [1.82, 2.24) is 9.55 Å². The summed E-state index contributed by atoms with van der Waals surface area (Å²) < 4.78 is 21.2. The fraction of sp³-hybridized carbons (Fsp3) is 0.556. The number of rotatable bonds is 4. The summed E-state index contributed by atoms with van der Waals surface area (Å²) in [7, 11) is -4.94. The van der Waals surface area contributed by atoms with E-state index in [1.54, 1.807) is 0 Å². The standard InChI is InChI=1S/C9H13N2O9P/c12-3-4-7(20-21(16,17)18)6(14)8(19-4)11-2-1-5(13)10-9(11)15/h1-2,4,6-8,12,14H,3H2,(H,10,13,15)(H2,16,17,18)/t4-,6+,7?,8-/m1/s1. The molecule has 1 aliphatic heterocycles. The number of hydrogen-bond acceptors (Lipinski definition) is 7. The monoisotopic (exact) mass is 324 g/mol. The summed E-state index contributed by atoms with van der Waals surface area (Å²) in [4.78, 5) is 42.1. The molecule has 1 saturated heterocycles. The highest BCUT2D eigenvalue weighted by molar-refractivity contribution is 7.46. The van der Waals surface area contributed by atoms with Crippen LogP contribution in [0.2, 0.25) is 0 Å². The van der Waals surface area contributed by atoms with Gasteiger partial charge < -0.3 is 24.7 Å². The zero-order chi connectivity index (χ0) is 15.8. The van der Waals surface area contributed by atoms with Crippen molar-refractivity contribution >= 4 is 7.82 Å². The van der Waals surface area contributed by atoms with Crippen LogP contribution in [-0.2, 0) is 13.8 Å². The van der Waals surface area contributed by atoms with Gasteiger partial charge in [-0.05, 0) is 0 Å². The van der Waals surface area contributed by atoms with E-state index in [-0.39, 0.29) is 0 Å². The molecular weight excluding hydrogens is 311 g/mol. The molecule has 21 heavy (non-hydrogen) atoms. The molecule has 1 aromatic heterocycles. The molecule has 5 N–H and O–H groups in total. The molecule has 1 fully saturated rings. The molecule has 0 radical (unpaired) electrons. The van der Waals surface area contributed by atoms with E-state index in [0.29, 0.717) is 0 Å². The summed E-state index contributed by atoms with van der Waals surface area (Å²) >= 11 is 0. The first-order chi connectivity index (χ1) is 9.73. The maximum absolute atomic E-state index is 11.6. The molecule has 11 nitrogen and oxygen atoms in total. The van der Waals surface area contributed by atoms with Gasteiger partial charge in [0.25, 0.3) is 5.56 Å². The van der Waals surface area contributed by atoms with Gasteiger partial charge in [-0.3, -0.25) is 18.9 Å². The molecule has 4 atom stereocenters. The Bertz CT molecular complexity index is 664. The number of hydrogen-bond donors (Lipinski definition) is 5. The third-order valence-corrected chi connectivity index (χ3v) is 3.39. The minimum atomic E-state index is -4.94. The van der Waals surface area contributed by atoms with E-state index < -0.39 is 50.2 Å². The summed E-state index contributed by atoms with van der Waals surface area (Å²) in [6.07, 6.45) is -4.76. The number of aliphatic hydroxyl groups excluding tert-OH is 2. The van der Waals surface area contributed by atoms with Crippen molar-refractivity contribution in [3.05, 3.63) is 33.1 Å². The number of aromatic amines is 1. The van der Waals surface area contributed by atoms with Crippen LogP contribution in [0.1, 0.15) is 6.23 Å². The van der Waals surface area contributed by atoms with Crippen molar-refractivity contribution in [3.8, 4) is 0 Å². The van der Waals surface area contributed by atoms with Crippen LogP contribution in [0.25, 0.3) is 0 Å². The van der Waals surface area contributed by atoms with Crippen molar-refractivity contribution < 1.29 is 33.8 Å². The van der Waals surface area contributed by atoms with Gasteiger partial charge in [0.1, 0.15) is 18.3 Å². The second-order valence-electron chi connectivity index (χ2n) is 4.32. The van der Waals surface area contributed by atoms with Gasteiger partial charge in [0.15, 0.2) is 6.23 Å². The second-order valence-corrected chi connectivity index (χ2v) is 5.51. The molecule has 0 saturated carbocycles. The lowest BCUT2D eigenvalue weighted by Gasteiger charge is -2.20. The van der Waals surface area contributed by atoms with Crippen molar-refractivity contribution in [2.75, 3.05) is 6.61 Å². The molecular formula is C9H13N2O9P. The fourth-order valence-corrected chi connectivity index (χ4v) is 2.59. The summed E-state index contributed by atoms with van der Waals surface area (Å²) in [6.45, 7) is -0.698. The van der Waals surface area contributed by atoms with E-state index in [2.05, 4.69) is 4.52 Å². The third kappa shape index (κ3) is 3.47. The average Bonchev–Trinajstić information content (AvgIpc) is 2.65. The van der Waals surface area contributed by atoms with E-state index in [4.69, 9.17) is 19.6 Å². The molecule has 12 heteroatoms. The van der Waals surface area contributed by atoms with Gasteiger partial charge in [0.05, 0.1) is 6.61 Å². The third-order valence-electron chi connectivity index (χ3n) is 2.87. The lowest BCUT2D eigenvalue weighted by molar-refractivity contribution is -0.0549. The largest absolute Gasteiger partial charge is 0.470 e. The van der Waals surface area contributed by atoms with Crippen molar-refractivity contribution in [1.29, 1.82) is 0 Å². The Morgan fingerprint density at radius 1 is 1.43 bits per heavy atom. The van der Waals surface area contributed by atoms with Crippen LogP contribution in [0, 0.1) is 0 Å². The van der Waals surface area contributed by atoms with Crippen LogP contribution >= 0.6 is 7.82 Å². The summed E-state index contributed by atoms with van der Waals surface area (Å²) in [5.41, 5.74) is -1.55. The van der Waals surface area contributed by atoms with Crippen molar-refractivity contribution in [2.24, 2.45) is 0 Å². The maximum Gasteiger partial charge on any atom is 0.470 e. The first-order valence-corrected chi connectivity index (χ1v) is 7.26. The number of nitrogens with one attached hydrogen (secondary N) is 1. The first kappa shape index (κ1) is 16.0. The molecule has 2 heterocycles. The first-order valence-electron chi connectivity index (χ1n) is 5.73. The Labute approximate surface area is 116 Å². The van der Waals surface area contributed by atoms with E-state index in [1.165, 1.54) is 0 Å². The van der Waals surface area contributed by atoms with Crippen LogP contribution in [0.15, 0.2) is 21.9 Å². The normalized spacial score (nSPS) is 29.7. The summed E-state index contributed by atoms with van der Waals surface area (Å²) in [5, 5.41) is 19.1. The summed E-state index contributed by atoms with van der Waals surface area (Å²) in [5.74, 6) is 0. The lowest BCUT2D eigenvalue weighted by atomic mass is 10.1. The molecule has 2 rings (SSSR count). The van der Waals surface area contributed by atoms with E-state index in [9.17, 15) is 19.3 Å². The SMILES string of the molecule is O=c1ccn([C@@H]2O[C@H](CO)C(OP(=O)(O)O)[C@@H]2O)c(=O)[nH]1. The minimum Gasteiger partial charge on any atom is -0.394 e. The highest BCUT2D eigenvalue weighted by Gasteiger charge is 2.48. The van der Waals surface area contributed by atoms with Crippen LogP contribution in [-0.4, -0.2) is 54.5 Å². The Hall–Kier alpha value is -1.33. The van der Waals surface area contributed by atoms with Crippen molar-refractivity contribution in [3.63, 3.8) is 0 Å².